The molecule has 3 nitrogen and oxygen atoms in total. The Morgan fingerprint density at radius 1 is 1.13 bits per heavy atom. The first-order valence-electron chi connectivity index (χ1n) is 4.26. The molecule has 78 valence electrons. The van der Waals surface area contributed by atoms with Gasteiger partial charge in [0.2, 0.25) is 0 Å². The van der Waals surface area contributed by atoms with Gasteiger partial charge in [0.15, 0.2) is 0 Å². The van der Waals surface area contributed by atoms with E-state index in [2.05, 4.69) is 0 Å². The Morgan fingerprint density at radius 2 is 1.80 bits per heavy atom. The van der Waals surface area contributed by atoms with Gasteiger partial charge in [-0.2, -0.15) is 0 Å². The standard InChI is InChI=1S/C11H10N2O.ClH/c12-11(13)9-5-3-8(4-6-9)10-2-1-7-14-10;/h1-7H,(H3,12,13);1H. The molecule has 15 heavy (non-hydrogen) atoms. The summed E-state index contributed by atoms with van der Waals surface area (Å²) in [4.78, 5) is 0. The van der Waals surface area contributed by atoms with Crippen molar-refractivity contribution >= 4 is 18.2 Å². The van der Waals surface area contributed by atoms with E-state index in [9.17, 15) is 0 Å². The summed E-state index contributed by atoms with van der Waals surface area (Å²) in [5, 5.41) is 7.23. The van der Waals surface area contributed by atoms with Crippen molar-refractivity contribution in [3.05, 3.63) is 48.2 Å². The minimum Gasteiger partial charge on any atom is -0.464 e. The Labute approximate surface area is 93.8 Å². The predicted octanol–water partition coefficient (Wildman–Crippen LogP) is 2.65. The van der Waals surface area contributed by atoms with Gasteiger partial charge in [0, 0.05) is 11.1 Å². The monoisotopic (exact) mass is 222 g/mol. The lowest BCUT2D eigenvalue weighted by molar-refractivity contribution is 0.582. The average molecular weight is 223 g/mol. The van der Waals surface area contributed by atoms with Crippen LogP contribution >= 0.6 is 12.4 Å². The molecule has 1 aromatic carbocycles. The molecule has 0 aliphatic rings. The number of furan rings is 1. The van der Waals surface area contributed by atoms with E-state index in [1.54, 1.807) is 18.4 Å². The summed E-state index contributed by atoms with van der Waals surface area (Å²) in [6.07, 6.45) is 1.63. The van der Waals surface area contributed by atoms with Crippen LogP contribution in [0.3, 0.4) is 0 Å². The minimum absolute atomic E-state index is 0. The summed E-state index contributed by atoms with van der Waals surface area (Å²) in [7, 11) is 0. The zero-order valence-corrected chi connectivity index (χ0v) is 8.75. The highest BCUT2D eigenvalue weighted by atomic mass is 35.5. The Morgan fingerprint density at radius 3 is 2.27 bits per heavy atom. The average Bonchev–Trinajstić information content (AvgIpc) is 2.71. The SMILES string of the molecule is Cl.N=C(N)c1ccc(-c2ccco2)cc1. The van der Waals surface area contributed by atoms with Crippen molar-refractivity contribution in [3.63, 3.8) is 0 Å². The molecule has 0 fully saturated rings. The fourth-order valence-electron chi connectivity index (χ4n) is 1.26. The molecule has 0 saturated heterocycles. The minimum atomic E-state index is 0. The van der Waals surface area contributed by atoms with Gasteiger partial charge in [0.1, 0.15) is 11.6 Å². The first-order chi connectivity index (χ1) is 6.77. The number of amidine groups is 1. The summed E-state index contributed by atoms with van der Waals surface area (Å²) < 4.78 is 5.23. The summed E-state index contributed by atoms with van der Waals surface area (Å²) in [6, 6.07) is 11.1. The van der Waals surface area contributed by atoms with Crippen LogP contribution in [0.4, 0.5) is 0 Å². The number of hydrogen-bond acceptors (Lipinski definition) is 2. The molecule has 0 aliphatic heterocycles. The molecule has 0 saturated carbocycles. The fraction of sp³-hybridized carbons (Fsp3) is 0. The molecule has 4 heteroatoms. The molecule has 0 unspecified atom stereocenters. The van der Waals surface area contributed by atoms with Gasteiger partial charge < -0.3 is 10.2 Å². The lowest BCUT2D eigenvalue weighted by Gasteiger charge is -1.99. The molecule has 2 rings (SSSR count). The van der Waals surface area contributed by atoms with Crippen LogP contribution in [0.5, 0.6) is 0 Å². The lowest BCUT2D eigenvalue weighted by atomic mass is 10.1. The fourth-order valence-corrected chi connectivity index (χ4v) is 1.26. The topological polar surface area (TPSA) is 63.0 Å². The van der Waals surface area contributed by atoms with Crippen LogP contribution in [0.15, 0.2) is 47.1 Å². The molecular weight excluding hydrogens is 212 g/mol. The zero-order chi connectivity index (χ0) is 9.97. The lowest BCUT2D eigenvalue weighted by Crippen LogP contribution is -2.10. The predicted molar refractivity (Wildman–Crippen MR) is 62.4 cm³/mol. The Bertz CT molecular complexity index is 434. The summed E-state index contributed by atoms with van der Waals surface area (Å²) in [6.45, 7) is 0. The largest absolute Gasteiger partial charge is 0.464 e. The number of nitrogen functional groups attached to an aromatic ring is 1. The molecular formula is C11H11ClN2O. The van der Waals surface area contributed by atoms with E-state index in [4.69, 9.17) is 15.6 Å². The van der Waals surface area contributed by atoms with Gasteiger partial charge >= 0.3 is 0 Å². The molecule has 0 bridgehead atoms. The second-order valence-corrected chi connectivity index (χ2v) is 2.97. The molecule has 0 radical (unpaired) electrons. The van der Waals surface area contributed by atoms with Gasteiger partial charge in [0.25, 0.3) is 0 Å². The zero-order valence-electron chi connectivity index (χ0n) is 7.94. The van der Waals surface area contributed by atoms with Gasteiger partial charge in [0.05, 0.1) is 6.26 Å². The number of hydrogen-bond donors (Lipinski definition) is 2. The molecule has 1 heterocycles. The summed E-state index contributed by atoms with van der Waals surface area (Å²) in [5.74, 6) is 0.899. The van der Waals surface area contributed by atoms with Crippen LogP contribution in [0.2, 0.25) is 0 Å². The van der Waals surface area contributed by atoms with E-state index >= 15 is 0 Å². The normalized spacial score (nSPS) is 9.33. The van der Waals surface area contributed by atoms with Crippen LogP contribution in [0.25, 0.3) is 11.3 Å². The van der Waals surface area contributed by atoms with Crippen LogP contribution in [-0.2, 0) is 0 Å². The molecule has 0 amide bonds. The van der Waals surface area contributed by atoms with Crippen molar-refractivity contribution in [3.8, 4) is 11.3 Å². The highest BCUT2D eigenvalue weighted by Gasteiger charge is 2.00. The second-order valence-electron chi connectivity index (χ2n) is 2.97. The smallest absolute Gasteiger partial charge is 0.133 e. The van der Waals surface area contributed by atoms with E-state index in [1.807, 2.05) is 24.3 Å². The third-order valence-corrected chi connectivity index (χ3v) is 2.00. The number of nitrogens with two attached hydrogens (primary N) is 1. The van der Waals surface area contributed by atoms with Crippen molar-refractivity contribution in [2.75, 3.05) is 0 Å². The van der Waals surface area contributed by atoms with E-state index in [0.717, 1.165) is 16.9 Å². The third kappa shape index (κ3) is 2.39. The summed E-state index contributed by atoms with van der Waals surface area (Å²) >= 11 is 0. The first kappa shape index (κ1) is 11.3. The number of benzene rings is 1. The second kappa shape index (κ2) is 4.66. The molecule has 0 spiro atoms. The van der Waals surface area contributed by atoms with E-state index in [1.165, 1.54) is 0 Å². The van der Waals surface area contributed by atoms with Gasteiger partial charge in [-0.25, -0.2) is 0 Å². The Hall–Kier alpha value is -1.74. The van der Waals surface area contributed by atoms with Crippen molar-refractivity contribution in [1.82, 2.24) is 0 Å². The maximum Gasteiger partial charge on any atom is 0.133 e. The number of halogens is 1. The molecule has 3 N–H and O–H groups in total. The third-order valence-electron chi connectivity index (χ3n) is 2.00. The number of rotatable bonds is 2. The van der Waals surface area contributed by atoms with Crippen molar-refractivity contribution in [2.45, 2.75) is 0 Å². The Balaban J connectivity index is 0.00000112. The van der Waals surface area contributed by atoms with Crippen LogP contribution < -0.4 is 5.73 Å². The van der Waals surface area contributed by atoms with Crippen LogP contribution in [0, 0.1) is 5.41 Å². The van der Waals surface area contributed by atoms with Gasteiger partial charge in [-0.05, 0) is 12.1 Å². The van der Waals surface area contributed by atoms with E-state index in [-0.39, 0.29) is 18.2 Å². The van der Waals surface area contributed by atoms with Gasteiger partial charge in [-0.3, -0.25) is 5.41 Å². The molecule has 1 aromatic heterocycles. The maximum atomic E-state index is 7.23. The summed E-state index contributed by atoms with van der Waals surface area (Å²) in [5.41, 5.74) is 7.05. The van der Waals surface area contributed by atoms with Crippen LogP contribution in [0.1, 0.15) is 5.56 Å². The van der Waals surface area contributed by atoms with Gasteiger partial charge in [-0.1, -0.05) is 24.3 Å². The van der Waals surface area contributed by atoms with Crippen molar-refractivity contribution in [2.24, 2.45) is 5.73 Å². The van der Waals surface area contributed by atoms with Crippen molar-refractivity contribution in [1.29, 1.82) is 5.41 Å². The molecule has 0 atom stereocenters. The quantitative estimate of drug-likeness (QED) is 0.606. The highest BCUT2D eigenvalue weighted by molar-refractivity contribution is 5.95. The maximum absolute atomic E-state index is 7.23. The van der Waals surface area contributed by atoms with Crippen LogP contribution in [-0.4, -0.2) is 5.84 Å². The molecule has 0 aliphatic carbocycles. The Kier molecular flexibility index (Phi) is 3.52. The van der Waals surface area contributed by atoms with Gasteiger partial charge in [-0.15, -0.1) is 12.4 Å². The highest BCUT2D eigenvalue weighted by Crippen LogP contribution is 2.19. The first-order valence-corrected chi connectivity index (χ1v) is 4.26. The molecule has 2 aromatic rings. The number of nitrogens with one attached hydrogen (secondary N) is 1. The van der Waals surface area contributed by atoms with Crippen molar-refractivity contribution < 1.29 is 4.42 Å². The van der Waals surface area contributed by atoms with E-state index < -0.39 is 0 Å². The van der Waals surface area contributed by atoms with E-state index in [0.29, 0.717) is 0 Å².